The molecule has 7 aromatic carbocycles. The summed E-state index contributed by atoms with van der Waals surface area (Å²) in [6, 6.07) is 61.6. The number of nitrogens with zero attached hydrogens (tertiary/aromatic N) is 1. The van der Waals surface area contributed by atoms with Gasteiger partial charge >= 0.3 is 0 Å². The van der Waals surface area contributed by atoms with E-state index in [9.17, 15) is 0 Å². The molecule has 0 amide bonds. The monoisotopic (exact) mass is 669 g/mol. The summed E-state index contributed by atoms with van der Waals surface area (Å²) in [6.07, 6.45) is 8.41. The van der Waals surface area contributed by atoms with E-state index in [4.69, 9.17) is 0 Å². The Morgan fingerprint density at radius 1 is 0.462 bits per heavy atom. The molecule has 4 aliphatic rings. The summed E-state index contributed by atoms with van der Waals surface area (Å²) in [7, 11) is 0. The van der Waals surface area contributed by atoms with Crippen LogP contribution >= 0.6 is 0 Å². The summed E-state index contributed by atoms with van der Waals surface area (Å²) < 4.78 is 0. The molecular weight excluding hydrogens is 627 g/mol. The van der Waals surface area contributed by atoms with Gasteiger partial charge in [0.25, 0.3) is 0 Å². The molecule has 0 aromatic heterocycles. The van der Waals surface area contributed by atoms with Gasteiger partial charge in [-0.3, -0.25) is 0 Å². The molecular formula is C51H43N. The molecule has 3 bridgehead atoms. The lowest BCUT2D eigenvalue weighted by atomic mass is 9.47. The van der Waals surface area contributed by atoms with Crippen LogP contribution in [0.4, 0.5) is 17.1 Å². The van der Waals surface area contributed by atoms with Crippen LogP contribution in [0, 0.1) is 23.7 Å². The third-order valence-electron chi connectivity index (χ3n) is 13.6. The topological polar surface area (TPSA) is 3.24 Å². The van der Waals surface area contributed by atoms with Gasteiger partial charge in [-0.1, -0.05) is 146 Å². The molecule has 0 radical (unpaired) electrons. The van der Waals surface area contributed by atoms with Crippen LogP contribution in [-0.4, -0.2) is 0 Å². The molecule has 0 N–H and O–H groups in total. The molecule has 0 heterocycles. The number of anilines is 3. The highest BCUT2D eigenvalue weighted by molar-refractivity contribution is 6.05. The molecule has 0 aliphatic heterocycles. The van der Waals surface area contributed by atoms with E-state index in [1.54, 1.807) is 11.1 Å². The van der Waals surface area contributed by atoms with Crippen LogP contribution in [0.15, 0.2) is 164 Å². The Bertz CT molecular complexity index is 2450. The van der Waals surface area contributed by atoms with Crippen molar-refractivity contribution in [3.05, 3.63) is 175 Å². The van der Waals surface area contributed by atoms with Gasteiger partial charge in [-0.15, -0.1) is 0 Å². The van der Waals surface area contributed by atoms with Crippen LogP contribution in [0.3, 0.4) is 0 Å². The van der Waals surface area contributed by atoms with Gasteiger partial charge in [-0.05, 0) is 119 Å². The molecule has 1 heteroatoms. The standard InChI is InChI=1S/C51H43N/c1-3-13-35(14-4-1)38-27-28-48(44(32-38)37-15-5-2-6-16-37)52(47-23-11-18-36-17-7-8-19-42(36)47)49-24-12-22-46-50(49)43-20-9-10-21-45(43)51(46)33-39-26-25-34-29-40(39)31-41(51)30-34/h1-24,27-28,32,34,39-41H,25-26,29-31,33H2. The Kier molecular flexibility index (Phi) is 6.88. The number of benzene rings is 7. The molecule has 252 valence electrons. The van der Waals surface area contributed by atoms with E-state index in [0.717, 1.165) is 17.8 Å². The second-order valence-electron chi connectivity index (χ2n) is 16.1. The maximum atomic E-state index is 2.62. The Morgan fingerprint density at radius 3 is 2.06 bits per heavy atom. The van der Waals surface area contributed by atoms with E-state index in [-0.39, 0.29) is 5.41 Å². The van der Waals surface area contributed by atoms with E-state index in [1.807, 2.05) is 0 Å². The van der Waals surface area contributed by atoms with Crippen LogP contribution in [0.5, 0.6) is 0 Å². The molecule has 3 saturated carbocycles. The Hall–Kier alpha value is -5.40. The fourth-order valence-corrected chi connectivity index (χ4v) is 11.5. The zero-order chi connectivity index (χ0) is 34.2. The first kappa shape index (κ1) is 30.2. The van der Waals surface area contributed by atoms with Crippen LogP contribution in [0.1, 0.15) is 49.7 Å². The van der Waals surface area contributed by atoms with E-state index < -0.39 is 0 Å². The lowest BCUT2D eigenvalue weighted by Gasteiger charge is -2.57. The number of fused-ring (bicyclic) bond motifs is 9. The zero-order valence-corrected chi connectivity index (χ0v) is 29.6. The van der Waals surface area contributed by atoms with Gasteiger partial charge in [0.05, 0.1) is 17.1 Å². The van der Waals surface area contributed by atoms with Gasteiger partial charge in [-0.2, -0.15) is 0 Å². The van der Waals surface area contributed by atoms with Crippen LogP contribution in [0.2, 0.25) is 0 Å². The summed E-state index contributed by atoms with van der Waals surface area (Å²) in [5.41, 5.74) is 14.8. The van der Waals surface area contributed by atoms with Crippen molar-refractivity contribution >= 4 is 27.8 Å². The minimum atomic E-state index is 0.0893. The van der Waals surface area contributed by atoms with Crippen molar-refractivity contribution in [1.29, 1.82) is 0 Å². The quantitative estimate of drug-likeness (QED) is 0.176. The summed E-state index contributed by atoms with van der Waals surface area (Å²) in [5, 5.41) is 2.52. The number of hydrogen-bond donors (Lipinski definition) is 0. The Balaban J connectivity index is 1.21. The summed E-state index contributed by atoms with van der Waals surface area (Å²) in [6.45, 7) is 0. The summed E-state index contributed by atoms with van der Waals surface area (Å²) in [5.74, 6) is 3.37. The van der Waals surface area contributed by atoms with Crippen molar-refractivity contribution in [2.75, 3.05) is 4.90 Å². The minimum Gasteiger partial charge on any atom is -0.309 e. The van der Waals surface area contributed by atoms with Crippen LogP contribution in [-0.2, 0) is 5.41 Å². The molecule has 5 unspecified atom stereocenters. The van der Waals surface area contributed by atoms with Gasteiger partial charge in [0, 0.05) is 21.9 Å². The summed E-state index contributed by atoms with van der Waals surface area (Å²) >= 11 is 0. The van der Waals surface area contributed by atoms with E-state index in [0.29, 0.717) is 5.92 Å². The highest BCUT2D eigenvalue weighted by Crippen LogP contribution is 2.67. The molecule has 1 nitrogen and oxygen atoms in total. The highest BCUT2D eigenvalue weighted by Gasteiger charge is 2.57. The second kappa shape index (κ2) is 11.8. The van der Waals surface area contributed by atoms with Gasteiger partial charge in [0.1, 0.15) is 0 Å². The van der Waals surface area contributed by atoms with Crippen molar-refractivity contribution in [2.24, 2.45) is 23.7 Å². The van der Waals surface area contributed by atoms with Crippen molar-refractivity contribution in [2.45, 2.75) is 43.9 Å². The molecule has 4 aliphatic carbocycles. The first-order valence-corrected chi connectivity index (χ1v) is 19.5. The van der Waals surface area contributed by atoms with E-state index in [2.05, 4.69) is 169 Å². The number of hydrogen-bond acceptors (Lipinski definition) is 1. The third-order valence-corrected chi connectivity index (χ3v) is 13.6. The van der Waals surface area contributed by atoms with Crippen molar-refractivity contribution in [3.8, 4) is 33.4 Å². The fourth-order valence-electron chi connectivity index (χ4n) is 11.5. The molecule has 52 heavy (non-hydrogen) atoms. The molecule has 11 rings (SSSR count). The van der Waals surface area contributed by atoms with Crippen LogP contribution < -0.4 is 4.90 Å². The van der Waals surface area contributed by atoms with Crippen molar-refractivity contribution in [3.63, 3.8) is 0 Å². The summed E-state index contributed by atoms with van der Waals surface area (Å²) in [4.78, 5) is 2.62. The molecule has 1 spiro atoms. The predicted molar refractivity (Wildman–Crippen MR) is 217 cm³/mol. The van der Waals surface area contributed by atoms with E-state index in [1.165, 1.54) is 99.7 Å². The fraction of sp³-hybridized carbons (Fsp3) is 0.216. The second-order valence-corrected chi connectivity index (χ2v) is 16.1. The molecule has 5 atom stereocenters. The average Bonchev–Trinajstić information content (AvgIpc) is 3.50. The first-order chi connectivity index (χ1) is 25.8. The zero-order valence-electron chi connectivity index (χ0n) is 29.6. The predicted octanol–water partition coefficient (Wildman–Crippen LogP) is 13.8. The normalized spacial score (nSPS) is 23.8. The lowest BCUT2D eigenvalue weighted by Crippen LogP contribution is -2.50. The average molecular weight is 670 g/mol. The SMILES string of the molecule is c1ccc(-c2ccc(N(c3cccc4c3-c3ccccc3C43CC4CCC5CC4CC3C5)c3cccc4ccccc34)c(-c3ccccc3)c2)cc1. The smallest absolute Gasteiger partial charge is 0.0543 e. The van der Waals surface area contributed by atoms with Crippen molar-refractivity contribution < 1.29 is 0 Å². The largest absolute Gasteiger partial charge is 0.309 e. The van der Waals surface area contributed by atoms with Gasteiger partial charge < -0.3 is 4.90 Å². The lowest BCUT2D eigenvalue weighted by molar-refractivity contribution is -0.0103. The third kappa shape index (κ3) is 4.48. The Labute approximate surface area is 307 Å². The van der Waals surface area contributed by atoms with Gasteiger partial charge in [0.2, 0.25) is 0 Å². The Morgan fingerprint density at radius 2 is 1.17 bits per heavy atom. The minimum absolute atomic E-state index is 0.0893. The number of rotatable bonds is 5. The molecule has 0 saturated heterocycles. The molecule has 7 aromatic rings. The van der Waals surface area contributed by atoms with Crippen LogP contribution in [0.25, 0.3) is 44.2 Å². The maximum Gasteiger partial charge on any atom is 0.0543 e. The van der Waals surface area contributed by atoms with Gasteiger partial charge in [-0.25, -0.2) is 0 Å². The molecule has 3 fully saturated rings. The maximum absolute atomic E-state index is 2.62. The first-order valence-electron chi connectivity index (χ1n) is 19.5. The van der Waals surface area contributed by atoms with Crippen molar-refractivity contribution in [1.82, 2.24) is 0 Å². The van der Waals surface area contributed by atoms with E-state index >= 15 is 0 Å². The van der Waals surface area contributed by atoms with Gasteiger partial charge in [0.15, 0.2) is 0 Å². The highest BCUT2D eigenvalue weighted by atomic mass is 15.1.